The molecule has 0 amide bonds. The maximum Gasteiger partial charge on any atom is 0.452 e. The van der Waals surface area contributed by atoms with E-state index in [1.807, 2.05) is 0 Å². The normalized spacial score (nSPS) is 47.2. The van der Waals surface area contributed by atoms with Crippen molar-refractivity contribution in [3.8, 4) is 0 Å². The standard InChI is InChI=1S/C23H35F3O3/c1-21-9-7-16(27)11-14(21)3-5-17-18-6-4-15(22(18,2)10-8-19(17)21)12-29-13-20(28)23(24,25)26/h14-19,27H,3-13H2,1-2H3. The molecular formula is C23H35F3O3. The molecule has 0 saturated heterocycles. The first-order valence-corrected chi connectivity index (χ1v) is 11.4. The summed E-state index contributed by atoms with van der Waals surface area (Å²) < 4.78 is 42.6. The summed E-state index contributed by atoms with van der Waals surface area (Å²) in [6.45, 7) is 4.19. The minimum Gasteiger partial charge on any atom is -0.393 e. The topological polar surface area (TPSA) is 46.5 Å². The van der Waals surface area contributed by atoms with E-state index in [-0.39, 0.29) is 24.0 Å². The van der Waals surface area contributed by atoms with E-state index < -0.39 is 18.6 Å². The zero-order valence-electron chi connectivity index (χ0n) is 17.6. The zero-order chi connectivity index (χ0) is 21.0. The molecular weight excluding hydrogens is 381 g/mol. The summed E-state index contributed by atoms with van der Waals surface area (Å²) in [5, 5.41) is 10.1. The van der Waals surface area contributed by atoms with Gasteiger partial charge in [0, 0.05) is 0 Å². The van der Waals surface area contributed by atoms with Crippen LogP contribution in [0.25, 0.3) is 0 Å². The number of carbonyl (C=O) groups is 1. The lowest BCUT2D eigenvalue weighted by atomic mass is 9.44. The summed E-state index contributed by atoms with van der Waals surface area (Å²) in [6, 6.07) is 0. The van der Waals surface area contributed by atoms with Gasteiger partial charge in [0.05, 0.1) is 12.7 Å². The van der Waals surface area contributed by atoms with Gasteiger partial charge in [-0.3, -0.25) is 4.79 Å². The quantitative estimate of drug-likeness (QED) is 0.689. The highest BCUT2D eigenvalue weighted by molar-refractivity contribution is 5.85. The minimum atomic E-state index is -4.80. The number of halogens is 3. The first-order chi connectivity index (χ1) is 13.6. The summed E-state index contributed by atoms with van der Waals surface area (Å²) in [5.74, 6) is 1.09. The number of ether oxygens (including phenoxy) is 1. The highest BCUT2D eigenvalue weighted by Gasteiger charge is 2.60. The van der Waals surface area contributed by atoms with Crippen LogP contribution in [-0.4, -0.2) is 36.4 Å². The fourth-order valence-electron chi connectivity index (χ4n) is 7.99. The van der Waals surface area contributed by atoms with Crippen LogP contribution < -0.4 is 0 Å². The molecule has 4 aliphatic carbocycles. The molecule has 8 atom stereocenters. The number of ketones is 1. The summed E-state index contributed by atoms with van der Waals surface area (Å²) in [7, 11) is 0. The highest BCUT2D eigenvalue weighted by Crippen LogP contribution is 2.67. The Morgan fingerprint density at radius 3 is 2.41 bits per heavy atom. The third-order valence-corrected chi connectivity index (χ3v) is 9.70. The highest BCUT2D eigenvalue weighted by atomic mass is 19.4. The number of hydrogen-bond acceptors (Lipinski definition) is 3. The predicted octanol–water partition coefficient (Wildman–Crippen LogP) is 5.15. The predicted molar refractivity (Wildman–Crippen MR) is 103 cm³/mol. The lowest BCUT2D eigenvalue weighted by Gasteiger charge is -2.61. The van der Waals surface area contributed by atoms with Crippen molar-refractivity contribution in [1.82, 2.24) is 0 Å². The second-order valence-corrected chi connectivity index (χ2v) is 10.8. The SMILES string of the molecule is CC12CCC3C(CCC4CC(O)CCC43C)C1CCC2COCC(=O)C(F)(F)F. The van der Waals surface area contributed by atoms with Gasteiger partial charge >= 0.3 is 6.18 Å². The molecule has 29 heavy (non-hydrogen) atoms. The Labute approximate surface area is 171 Å². The summed E-state index contributed by atoms with van der Waals surface area (Å²) in [4.78, 5) is 11.1. The van der Waals surface area contributed by atoms with Crippen molar-refractivity contribution in [2.75, 3.05) is 13.2 Å². The van der Waals surface area contributed by atoms with E-state index in [2.05, 4.69) is 13.8 Å². The maximum absolute atomic E-state index is 12.4. The molecule has 0 bridgehead atoms. The van der Waals surface area contributed by atoms with E-state index >= 15 is 0 Å². The van der Waals surface area contributed by atoms with Crippen LogP contribution in [0, 0.1) is 40.4 Å². The van der Waals surface area contributed by atoms with Gasteiger partial charge in [0.2, 0.25) is 0 Å². The number of alkyl halides is 3. The van der Waals surface area contributed by atoms with Gasteiger partial charge in [-0.15, -0.1) is 0 Å². The fraction of sp³-hybridized carbons (Fsp3) is 0.957. The van der Waals surface area contributed by atoms with E-state index in [9.17, 15) is 23.1 Å². The molecule has 4 fully saturated rings. The number of aliphatic hydroxyl groups excluding tert-OH is 1. The second-order valence-electron chi connectivity index (χ2n) is 10.8. The third-order valence-electron chi connectivity index (χ3n) is 9.70. The Bertz CT molecular complexity index is 635. The molecule has 6 heteroatoms. The molecule has 0 aromatic heterocycles. The Morgan fingerprint density at radius 2 is 1.69 bits per heavy atom. The van der Waals surface area contributed by atoms with E-state index in [0.29, 0.717) is 29.1 Å². The zero-order valence-corrected chi connectivity index (χ0v) is 17.6. The first kappa shape index (κ1) is 21.6. The van der Waals surface area contributed by atoms with E-state index in [1.165, 1.54) is 19.3 Å². The van der Waals surface area contributed by atoms with Crippen LogP contribution >= 0.6 is 0 Å². The van der Waals surface area contributed by atoms with Crippen molar-refractivity contribution in [1.29, 1.82) is 0 Å². The van der Waals surface area contributed by atoms with Gasteiger partial charge in [-0.05, 0) is 98.2 Å². The van der Waals surface area contributed by atoms with Crippen molar-refractivity contribution in [3.05, 3.63) is 0 Å². The molecule has 0 spiro atoms. The van der Waals surface area contributed by atoms with Crippen molar-refractivity contribution >= 4 is 5.78 Å². The molecule has 4 saturated carbocycles. The van der Waals surface area contributed by atoms with Crippen LogP contribution in [0.2, 0.25) is 0 Å². The van der Waals surface area contributed by atoms with Crippen LogP contribution in [0.15, 0.2) is 0 Å². The average Bonchev–Trinajstić information content (AvgIpc) is 2.98. The summed E-state index contributed by atoms with van der Waals surface area (Å²) >= 11 is 0. The van der Waals surface area contributed by atoms with Gasteiger partial charge in [0.25, 0.3) is 5.78 Å². The Balaban J connectivity index is 1.41. The van der Waals surface area contributed by atoms with Crippen molar-refractivity contribution in [2.24, 2.45) is 40.4 Å². The van der Waals surface area contributed by atoms with E-state index in [4.69, 9.17) is 4.74 Å². The smallest absolute Gasteiger partial charge is 0.393 e. The molecule has 0 aromatic carbocycles. The van der Waals surface area contributed by atoms with E-state index in [1.54, 1.807) is 0 Å². The number of Topliss-reactive ketones (excluding diaryl/α,β-unsaturated/α-hetero) is 1. The van der Waals surface area contributed by atoms with E-state index in [0.717, 1.165) is 38.5 Å². The maximum atomic E-state index is 12.4. The largest absolute Gasteiger partial charge is 0.452 e. The molecule has 3 nitrogen and oxygen atoms in total. The van der Waals surface area contributed by atoms with Crippen molar-refractivity contribution in [2.45, 2.75) is 83.9 Å². The monoisotopic (exact) mass is 416 g/mol. The molecule has 166 valence electrons. The minimum absolute atomic E-state index is 0.111. The number of rotatable bonds is 4. The molecule has 1 N–H and O–H groups in total. The first-order valence-electron chi connectivity index (χ1n) is 11.4. The fourth-order valence-corrected chi connectivity index (χ4v) is 7.99. The van der Waals surface area contributed by atoms with Gasteiger partial charge in [-0.2, -0.15) is 13.2 Å². The van der Waals surface area contributed by atoms with Gasteiger partial charge in [0.1, 0.15) is 6.61 Å². The summed E-state index contributed by atoms with van der Waals surface area (Å²) in [6.07, 6.45) is 4.87. The molecule has 8 unspecified atom stereocenters. The number of hydrogen-bond donors (Lipinski definition) is 1. The Morgan fingerprint density at radius 1 is 1.00 bits per heavy atom. The Hall–Kier alpha value is -0.620. The van der Waals surface area contributed by atoms with Crippen LogP contribution in [0.3, 0.4) is 0 Å². The summed E-state index contributed by atoms with van der Waals surface area (Å²) in [5.41, 5.74) is 0.441. The van der Waals surface area contributed by atoms with Gasteiger partial charge < -0.3 is 9.84 Å². The van der Waals surface area contributed by atoms with Gasteiger partial charge in [0.15, 0.2) is 0 Å². The van der Waals surface area contributed by atoms with Crippen LogP contribution in [0.5, 0.6) is 0 Å². The molecule has 4 rings (SSSR count). The average molecular weight is 417 g/mol. The van der Waals surface area contributed by atoms with Crippen molar-refractivity contribution < 1.29 is 27.8 Å². The van der Waals surface area contributed by atoms with Crippen molar-refractivity contribution in [3.63, 3.8) is 0 Å². The number of aliphatic hydroxyl groups is 1. The van der Waals surface area contributed by atoms with Gasteiger partial charge in [-0.25, -0.2) is 0 Å². The third kappa shape index (κ3) is 3.66. The number of carbonyl (C=O) groups excluding carboxylic acids is 1. The second kappa shape index (κ2) is 7.51. The Kier molecular flexibility index (Phi) is 5.59. The lowest BCUT2D eigenvalue weighted by molar-refractivity contribution is -0.176. The van der Waals surface area contributed by atoms with Crippen LogP contribution in [-0.2, 0) is 9.53 Å². The molecule has 0 aromatic rings. The van der Waals surface area contributed by atoms with Crippen LogP contribution in [0.4, 0.5) is 13.2 Å². The van der Waals surface area contributed by atoms with Crippen LogP contribution in [0.1, 0.15) is 71.6 Å². The number of fused-ring (bicyclic) bond motifs is 5. The molecule has 0 aliphatic heterocycles. The molecule has 4 aliphatic rings. The lowest BCUT2D eigenvalue weighted by Crippen LogP contribution is -2.54. The van der Waals surface area contributed by atoms with Gasteiger partial charge in [-0.1, -0.05) is 13.8 Å². The molecule has 0 radical (unpaired) electrons. The molecule has 0 heterocycles.